The van der Waals surface area contributed by atoms with E-state index in [1.807, 2.05) is 25.1 Å². The molecule has 90 valence electrons. The van der Waals surface area contributed by atoms with Crippen molar-refractivity contribution >= 4 is 57.4 Å². The van der Waals surface area contributed by atoms with Crippen molar-refractivity contribution in [2.75, 3.05) is 0 Å². The summed E-state index contributed by atoms with van der Waals surface area (Å²) in [6.07, 6.45) is 0. The van der Waals surface area contributed by atoms with Gasteiger partial charge >= 0.3 is 0 Å². The Bertz CT molecular complexity index is 836. The van der Waals surface area contributed by atoms with Crippen molar-refractivity contribution in [2.45, 2.75) is 6.92 Å². The number of hydrogen-bond acceptors (Lipinski definition) is 2. The predicted molar refractivity (Wildman–Crippen MR) is 79.3 cm³/mol. The van der Waals surface area contributed by atoms with Gasteiger partial charge in [-0.3, -0.25) is 0 Å². The lowest BCUT2D eigenvalue weighted by molar-refractivity contribution is 0.657. The first-order chi connectivity index (χ1) is 8.58. The highest BCUT2D eigenvalue weighted by atomic mass is 35.5. The van der Waals surface area contributed by atoms with E-state index in [2.05, 4.69) is 0 Å². The molecule has 0 aliphatic carbocycles. The van der Waals surface area contributed by atoms with E-state index in [4.69, 9.17) is 39.8 Å². The van der Waals surface area contributed by atoms with Gasteiger partial charge in [-0.05, 0) is 36.8 Å². The molecule has 0 amide bonds. The maximum Gasteiger partial charge on any atom is 0.140 e. The average Bonchev–Trinajstić information content (AvgIpc) is 2.35. The Morgan fingerprint density at radius 1 is 1.11 bits per heavy atom. The van der Waals surface area contributed by atoms with E-state index in [0.717, 1.165) is 27.5 Å². The van der Waals surface area contributed by atoms with Gasteiger partial charge in [0, 0.05) is 10.4 Å². The van der Waals surface area contributed by atoms with Gasteiger partial charge in [-0.15, -0.1) is 0 Å². The standard InChI is InChI=1S/C14H8Cl2OS/c1-7-2-4-10(16)12-13(7)17-11-5-3-8(15)6-9(11)14(12)18/h2-6H,1H3. The maximum absolute atomic E-state index is 6.21. The van der Waals surface area contributed by atoms with Gasteiger partial charge in [-0.1, -0.05) is 41.5 Å². The molecule has 2 aromatic carbocycles. The number of fused-ring (bicyclic) bond motifs is 2. The van der Waals surface area contributed by atoms with Crippen molar-refractivity contribution in [3.8, 4) is 0 Å². The molecule has 1 nitrogen and oxygen atoms in total. The summed E-state index contributed by atoms with van der Waals surface area (Å²) >= 11 is 17.7. The van der Waals surface area contributed by atoms with Gasteiger partial charge in [0.15, 0.2) is 0 Å². The SMILES string of the molecule is Cc1ccc(Cl)c2c(=S)c3cc(Cl)ccc3oc12. The molecule has 0 N–H and O–H groups in total. The summed E-state index contributed by atoms with van der Waals surface area (Å²) in [4.78, 5) is 0. The van der Waals surface area contributed by atoms with Crippen LogP contribution in [0.2, 0.25) is 10.0 Å². The molecule has 3 rings (SSSR count). The normalized spacial score (nSPS) is 11.3. The fourth-order valence-electron chi connectivity index (χ4n) is 2.02. The smallest absolute Gasteiger partial charge is 0.140 e. The quantitative estimate of drug-likeness (QED) is 0.376. The van der Waals surface area contributed by atoms with Crippen LogP contribution in [0.5, 0.6) is 0 Å². The van der Waals surface area contributed by atoms with Gasteiger partial charge in [0.2, 0.25) is 0 Å². The Morgan fingerprint density at radius 3 is 2.67 bits per heavy atom. The fourth-order valence-corrected chi connectivity index (χ4v) is 2.85. The largest absolute Gasteiger partial charge is 0.456 e. The van der Waals surface area contributed by atoms with Gasteiger partial charge in [0.25, 0.3) is 0 Å². The monoisotopic (exact) mass is 294 g/mol. The molecule has 0 bridgehead atoms. The van der Waals surface area contributed by atoms with E-state index in [-0.39, 0.29) is 0 Å². The molecule has 0 aliphatic heterocycles. The maximum atomic E-state index is 6.21. The Hall–Kier alpha value is -1.09. The van der Waals surface area contributed by atoms with Gasteiger partial charge in [0.1, 0.15) is 11.2 Å². The summed E-state index contributed by atoms with van der Waals surface area (Å²) in [5, 5.41) is 2.83. The third-order valence-electron chi connectivity index (χ3n) is 2.93. The Labute approximate surface area is 119 Å². The van der Waals surface area contributed by atoms with E-state index in [0.29, 0.717) is 14.6 Å². The van der Waals surface area contributed by atoms with Crippen molar-refractivity contribution in [3.05, 3.63) is 50.5 Å². The Kier molecular flexibility index (Phi) is 2.81. The highest BCUT2D eigenvalue weighted by molar-refractivity contribution is 7.72. The zero-order valence-electron chi connectivity index (χ0n) is 9.46. The van der Waals surface area contributed by atoms with Crippen LogP contribution in [0.1, 0.15) is 5.56 Å². The minimum atomic E-state index is 0.603. The molecule has 4 heteroatoms. The van der Waals surface area contributed by atoms with Crippen LogP contribution in [0.3, 0.4) is 0 Å². The van der Waals surface area contributed by atoms with Crippen LogP contribution in [0.4, 0.5) is 0 Å². The topological polar surface area (TPSA) is 13.1 Å². The number of hydrogen-bond donors (Lipinski definition) is 0. The summed E-state index contributed by atoms with van der Waals surface area (Å²) < 4.78 is 6.57. The summed E-state index contributed by atoms with van der Waals surface area (Å²) in [7, 11) is 0. The predicted octanol–water partition coefficient (Wildman–Crippen LogP) is 5.93. The zero-order chi connectivity index (χ0) is 12.9. The molecule has 0 fully saturated rings. The van der Waals surface area contributed by atoms with Crippen LogP contribution in [0.15, 0.2) is 34.7 Å². The van der Waals surface area contributed by atoms with E-state index < -0.39 is 0 Å². The van der Waals surface area contributed by atoms with Crippen LogP contribution < -0.4 is 0 Å². The molecule has 0 saturated heterocycles. The lowest BCUT2D eigenvalue weighted by Crippen LogP contribution is -1.84. The highest BCUT2D eigenvalue weighted by Crippen LogP contribution is 2.33. The Morgan fingerprint density at radius 2 is 1.89 bits per heavy atom. The average molecular weight is 295 g/mol. The molecule has 0 aliphatic rings. The molecule has 3 aromatic rings. The van der Waals surface area contributed by atoms with Gasteiger partial charge in [-0.2, -0.15) is 0 Å². The van der Waals surface area contributed by atoms with Gasteiger partial charge in [0.05, 0.1) is 14.9 Å². The molecule has 1 heterocycles. The van der Waals surface area contributed by atoms with Crippen LogP contribution in [0, 0.1) is 11.4 Å². The first-order valence-corrected chi connectivity index (χ1v) is 6.55. The minimum absolute atomic E-state index is 0.603. The fraction of sp³-hybridized carbons (Fsp3) is 0.0714. The first kappa shape index (κ1) is 12.0. The minimum Gasteiger partial charge on any atom is -0.456 e. The second-order valence-corrected chi connectivity index (χ2v) is 5.39. The van der Waals surface area contributed by atoms with Crippen molar-refractivity contribution in [2.24, 2.45) is 0 Å². The van der Waals surface area contributed by atoms with Gasteiger partial charge in [-0.25, -0.2) is 0 Å². The molecule has 1 aromatic heterocycles. The van der Waals surface area contributed by atoms with Crippen LogP contribution in [-0.2, 0) is 0 Å². The first-order valence-electron chi connectivity index (χ1n) is 5.39. The number of halogens is 2. The zero-order valence-corrected chi connectivity index (χ0v) is 11.8. The highest BCUT2D eigenvalue weighted by Gasteiger charge is 2.10. The van der Waals surface area contributed by atoms with E-state index in [1.54, 1.807) is 12.1 Å². The van der Waals surface area contributed by atoms with E-state index in [1.165, 1.54) is 0 Å². The second kappa shape index (κ2) is 4.23. The second-order valence-electron chi connectivity index (χ2n) is 4.14. The van der Waals surface area contributed by atoms with Crippen LogP contribution in [-0.4, -0.2) is 0 Å². The van der Waals surface area contributed by atoms with Crippen LogP contribution >= 0.6 is 35.4 Å². The van der Waals surface area contributed by atoms with Crippen molar-refractivity contribution < 1.29 is 4.42 Å². The number of aryl methyl sites for hydroxylation is 1. The number of rotatable bonds is 0. The molecule has 0 spiro atoms. The lowest BCUT2D eigenvalue weighted by atomic mass is 10.1. The lowest BCUT2D eigenvalue weighted by Gasteiger charge is -2.07. The van der Waals surface area contributed by atoms with Crippen molar-refractivity contribution in [3.63, 3.8) is 0 Å². The third kappa shape index (κ3) is 1.72. The molecule has 0 saturated carbocycles. The third-order valence-corrected chi connectivity index (χ3v) is 3.90. The summed E-state index contributed by atoms with van der Waals surface area (Å²) in [6.45, 7) is 1.97. The van der Waals surface area contributed by atoms with E-state index in [9.17, 15) is 0 Å². The van der Waals surface area contributed by atoms with Crippen molar-refractivity contribution in [1.29, 1.82) is 0 Å². The number of benzene rings is 2. The molecule has 0 atom stereocenters. The van der Waals surface area contributed by atoms with Gasteiger partial charge < -0.3 is 4.42 Å². The molecule has 0 unspecified atom stereocenters. The molecule has 0 radical (unpaired) electrons. The Balaban J connectivity index is 2.65. The molecular formula is C14H8Cl2OS. The van der Waals surface area contributed by atoms with Crippen molar-refractivity contribution in [1.82, 2.24) is 0 Å². The summed E-state index contributed by atoms with van der Waals surface area (Å²) in [5.41, 5.74) is 2.47. The molecular weight excluding hydrogens is 287 g/mol. The molecule has 18 heavy (non-hydrogen) atoms. The van der Waals surface area contributed by atoms with E-state index >= 15 is 0 Å². The summed E-state index contributed by atoms with van der Waals surface area (Å²) in [6, 6.07) is 9.17. The van der Waals surface area contributed by atoms with Crippen LogP contribution in [0.25, 0.3) is 21.9 Å². The summed E-state index contributed by atoms with van der Waals surface area (Å²) in [5.74, 6) is 0.